The van der Waals surface area contributed by atoms with Gasteiger partial charge in [0.05, 0.1) is 0 Å². The molecule has 2 nitrogen and oxygen atoms in total. The van der Waals surface area contributed by atoms with Crippen molar-refractivity contribution in [3.05, 3.63) is 179 Å². The number of para-hydroxylation sites is 2. The summed E-state index contributed by atoms with van der Waals surface area (Å²) in [6.07, 6.45) is 0. The van der Waals surface area contributed by atoms with Gasteiger partial charge in [-0.25, -0.2) is 0 Å². The van der Waals surface area contributed by atoms with Gasteiger partial charge < -0.3 is 9.13 Å². The molecule has 2 heteroatoms. The van der Waals surface area contributed by atoms with E-state index in [9.17, 15) is 0 Å². The van der Waals surface area contributed by atoms with Gasteiger partial charge in [-0.05, 0) is 53.8 Å². The summed E-state index contributed by atoms with van der Waals surface area (Å²) in [5.41, 5.74) is 12.0. The van der Waals surface area contributed by atoms with E-state index in [0.29, 0.717) is 0 Å². The van der Waals surface area contributed by atoms with Crippen LogP contribution in [0.5, 0.6) is 0 Å². The Morgan fingerprint density at radius 1 is 0.439 bits per heavy atom. The second-order valence-corrected chi connectivity index (χ2v) is 11.0. The van der Waals surface area contributed by atoms with Crippen LogP contribution in [-0.2, 0) is 13.1 Å². The van der Waals surface area contributed by atoms with E-state index in [-0.39, 0.29) is 5.92 Å². The van der Waals surface area contributed by atoms with Crippen LogP contribution >= 0.6 is 0 Å². The molecule has 0 aliphatic carbocycles. The molecule has 0 saturated heterocycles. The summed E-state index contributed by atoms with van der Waals surface area (Å²) in [5.74, 6) is 0.0973. The van der Waals surface area contributed by atoms with Gasteiger partial charge in [0.25, 0.3) is 0 Å². The number of nitrogens with zero attached hydrogens (tertiary/aromatic N) is 2. The van der Waals surface area contributed by atoms with E-state index in [1.807, 2.05) is 0 Å². The van der Waals surface area contributed by atoms with Crippen molar-refractivity contribution in [2.24, 2.45) is 0 Å². The summed E-state index contributed by atoms with van der Waals surface area (Å²) in [6.45, 7) is 6.33. The minimum atomic E-state index is 0.0973. The van der Waals surface area contributed by atoms with Gasteiger partial charge in [-0.2, -0.15) is 0 Å². The van der Waals surface area contributed by atoms with Crippen molar-refractivity contribution in [3.8, 4) is 0 Å². The molecule has 2 aromatic heterocycles. The Balaban J connectivity index is 1.50. The first-order valence-electron chi connectivity index (χ1n) is 14.5. The molecule has 0 aliphatic rings. The largest absolute Gasteiger partial charge is 0.340 e. The van der Waals surface area contributed by atoms with Crippen LogP contribution in [-0.4, -0.2) is 9.13 Å². The first-order valence-corrected chi connectivity index (χ1v) is 14.5. The smallest absolute Gasteiger partial charge is 0.0488 e. The van der Waals surface area contributed by atoms with Gasteiger partial charge in [-0.15, -0.1) is 0 Å². The summed E-state index contributed by atoms with van der Waals surface area (Å²) >= 11 is 0. The minimum absolute atomic E-state index is 0.0973. The number of hydrogen-bond donors (Lipinski definition) is 0. The standard InChI is InChI=1S/C39H34N2/c1-28-37(33-22-12-14-24-35(33)40(28)26-30-16-6-3-7-17-30)39(32-20-10-5-11-21-32)38-29(2)41(27-31-18-8-4-9-19-31)36-25-15-13-23-34(36)38/h3-25,39H,26-27H2,1-2H3. The highest BCUT2D eigenvalue weighted by Gasteiger charge is 2.29. The van der Waals surface area contributed by atoms with Crippen molar-refractivity contribution in [2.75, 3.05) is 0 Å². The lowest BCUT2D eigenvalue weighted by atomic mass is 9.82. The number of hydrogen-bond acceptors (Lipinski definition) is 0. The zero-order valence-electron chi connectivity index (χ0n) is 23.7. The fourth-order valence-electron chi connectivity index (χ4n) is 6.71. The van der Waals surface area contributed by atoms with Crippen molar-refractivity contribution < 1.29 is 0 Å². The fourth-order valence-corrected chi connectivity index (χ4v) is 6.71. The van der Waals surface area contributed by atoms with Crippen molar-refractivity contribution in [1.29, 1.82) is 0 Å². The van der Waals surface area contributed by atoms with E-state index in [0.717, 1.165) is 13.1 Å². The molecule has 0 amide bonds. The third-order valence-corrected chi connectivity index (χ3v) is 8.64. The lowest BCUT2D eigenvalue weighted by Crippen LogP contribution is -2.09. The lowest BCUT2D eigenvalue weighted by molar-refractivity contribution is 0.778. The van der Waals surface area contributed by atoms with Crippen molar-refractivity contribution in [3.63, 3.8) is 0 Å². The third-order valence-electron chi connectivity index (χ3n) is 8.64. The van der Waals surface area contributed by atoms with Gasteiger partial charge >= 0.3 is 0 Å². The first kappa shape index (κ1) is 25.2. The topological polar surface area (TPSA) is 9.86 Å². The highest BCUT2D eigenvalue weighted by Crippen LogP contribution is 2.44. The van der Waals surface area contributed by atoms with Crippen LogP contribution in [0.25, 0.3) is 21.8 Å². The number of benzene rings is 5. The van der Waals surface area contributed by atoms with Crippen LogP contribution in [0.15, 0.2) is 140 Å². The van der Waals surface area contributed by atoms with Crippen LogP contribution in [0.3, 0.4) is 0 Å². The Labute approximate surface area is 242 Å². The Morgan fingerprint density at radius 3 is 1.24 bits per heavy atom. The first-order chi connectivity index (χ1) is 20.2. The van der Waals surface area contributed by atoms with E-state index >= 15 is 0 Å². The number of rotatable bonds is 7. The summed E-state index contributed by atoms with van der Waals surface area (Å²) in [4.78, 5) is 0. The lowest BCUT2D eigenvalue weighted by Gasteiger charge is -2.21. The van der Waals surface area contributed by atoms with E-state index in [1.165, 1.54) is 61.0 Å². The summed E-state index contributed by atoms with van der Waals surface area (Å²) in [5, 5.41) is 2.66. The number of aromatic nitrogens is 2. The highest BCUT2D eigenvalue weighted by atomic mass is 15.0. The van der Waals surface area contributed by atoms with Crippen LogP contribution in [0.4, 0.5) is 0 Å². The molecular weight excluding hydrogens is 496 g/mol. The third kappa shape index (κ3) is 4.46. The molecular formula is C39H34N2. The monoisotopic (exact) mass is 530 g/mol. The van der Waals surface area contributed by atoms with Crippen molar-refractivity contribution >= 4 is 21.8 Å². The SMILES string of the molecule is Cc1c(C(c2ccccc2)c2c(C)n(Cc3ccccc3)c3ccccc23)c2ccccc2n1Cc1ccccc1. The van der Waals surface area contributed by atoms with Crippen LogP contribution in [0, 0.1) is 13.8 Å². The van der Waals surface area contributed by atoms with Gasteiger partial charge in [0.2, 0.25) is 0 Å². The summed E-state index contributed by atoms with van der Waals surface area (Å²) in [7, 11) is 0. The second kappa shape index (κ2) is 10.6. The predicted octanol–water partition coefficient (Wildman–Crippen LogP) is 9.49. The molecule has 7 aromatic rings. The van der Waals surface area contributed by atoms with Gasteiger partial charge in [0.1, 0.15) is 0 Å². The van der Waals surface area contributed by atoms with E-state index in [1.54, 1.807) is 0 Å². The quantitative estimate of drug-likeness (QED) is 0.194. The number of fused-ring (bicyclic) bond motifs is 2. The Hall–Kier alpha value is -4.82. The molecule has 200 valence electrons. The highest BCUT2D eigenvalue weighted by molar-refractivity contribution is 5.92. The second-order valence-electron chi connectivity index (χ2n) is 11.0. The van der Waals surface area contributed by atoms with Gasteiger partial charge in [-0.3, -0.25) is 0 Å². The summed E-state index contributed by atoms with van der Waals surface area (Å²) in [6, 6.07) is 50.6. The van der Waals surface area contributed by atoms with E-state index in [4.69, 9.17) is 0 Å². The average molecular weight is 531 g/mol. The molecule has 0 radical (unpaired) electrons. The average Bonchev–Trinajstić information content (AvgIpc) is 3.45. The molecule has 0 unspecified atom stereocenters. The van der Waals surface area contributed by atoms with Gasteiger partial charge in [0, 0.05) is 52.2 Å². The maximum Gasteiger partial charge on any atom is 0.0488 e. The molecule has 0 N–H and O–H groups in total. The molecule has 0 fully saturated rings. The van der Waals surface area contributed by atoms with E-state index in [2.05, 4.69) is 163 Å². The molecule has 0 bridgehead atoms. The zero-order chi connectivity index (χ0) is 27.8. The normalized spacial score (nSPS) is 11.6. The summed E-state index contributed by atoms with van der Waals surface area (Å²) < 4.78 is 5.02. The van der Waals surface area contributed by atoms with Crippen LogP contribution in [0.1, 0.15) is 45.1 Å². The molecule has 41 heavy (non-hydrogen) atoms. The zero-order valence-corrected chi connectivity index (χ0v) is 23.7. The van der Waals surface area contributed by atoms with Crippen LogP contribution < -0.4 is 0 Å². The predicted molar refractivity (Wildman–Crippen MR) is 172 cm³/mol. The molecule has 0 atom stereocenters. The Morgan fingerprint density at radius 2 is 0.805 bits per heavy atom. The molecule has 0 saturated carbocycles. The Bertz CT molecular complexity index is 1820. The Kier molecular flexibility index (Phi) is 6.53. The van der Waals surface area contributed by atoms with Gasteiger partial charge in [0.15, 0.2) is 0 Å². The molecule has 0 spiro atoms. The fraction of sp³-hybridized carbons (Fsp3) is 0.128. The molecule has 7 rings (SSSR count). The molecule has 0 aliphatic heterocycles. The maximum absolute atomic E-state index is 2.51. The van der Waals surface area contributed by atoms with Crippen molar-refractivity contribution in [2.45, 2.75) is 32.9 Å². The minimum Gasteiger partial charge on any atom is -0.340 e. The molecule has 5 aromatic carbocycles. The van der Waals surface area contributed by atoms with Gasteiger partial charge in [-0.1, -0.05) is 127 Å². The van der Waals surface area contributed by atoms with E-state index < -0.39 is 0 Å². The van der Waals surface area contributed by atoms with Crippen LogP contribution in [0.2, 0.25) is 0 Å². The van der Waals surface area contributed by atoms with Crippen molar-refractivity contribution in [1.82, 2.24) is 9.13 Å². The molecule has 2 heterocycles. The maximum atomic E-state index is 2.51.